The van der Waals surface area contributed by atoms with E-state index in [4.69, 9.17) is 4.42 Å². The molecule has 12 aromatic rings. The molecule has 0 bridgehead atoms. The second-order valence-corrected chi connectivity index (χ2v) is 15.7. The van der Waals surface area contributed by atoms with Crippen LogP contribution in [0.2, 0.25) is 0 Å². The SMILES string of the molecule is c1ccc(-c2ccc(-c3ccccc3)c(N(c3ccc4cc(-c5cccc6c5c5ccccc5n6-c5ccccc5)ccc4c3)c3cccc4oc5ccccc5c34)c2)cc1. The Morgan fingerprint density at radius 2 is 0.984 bits per heavy atom. The van der Waals surface area contributed by atoms with E-state index in [1.165, 1.54) is 43.9 Å². The van der Waals surface area contributed by atoms with Crippen molar-refractivity contribution in [1.29, 1.82) is 0 Å². The number of benzene rings is 10. The molecule has 286 valence electrons. The molecule has 10 aromatic carbocycles. The zero-order valence-electron chi connectivity index (χ0n) is 33.2. The van der Waals surface area contributed by atoms with Crippen molar-refractivity contribution in [1.82, 2.24) is 4.57 Å². The lowest BCUT2D eigenvalue weighted by Gasteiger charge is -2.29. The van der Waals surface area contributed by atoms with E-state index in [1.807, 2.05) is 6.07 Å². The first-order chi connectivity index (χ1) is 30.3. The van der Waals surface area contributed by atoms with E-state index in [0.717, 1.165) is 66.8 Å². The predicted molar refractivity (Wildman–Crippen MR) is 257 cm³/mol. The molecule has 0 spiro atoms. The maximum Gasteiger partial charge on any atom is 0.137 e. The second kappa shape index (κ2) is 14.3. The van der Waals surface area contributed by atoms with Crippen molar-refractivity contribution in [2.45, 2.75) is 0 Å². The molecule has 0 aliphatic carbocycles. The minimum atomic E-state index is 0.859. The lowest BCUT2D eigenvalue weighted by atomic mass is 9.95. The Balaban J connectivity index is 1.07. The minimum absolute atomic E-state index is 0.859. The van der Waals surface area contributed by atoms with Crippen molar-refractivity contribution in [2.24, 2.45) is 0 Å². The maximum absolute atomic E-state index is 6.50. The molecule has 12 rings (SSSR count). The van der Waals surface area contributed by atoms with Crippen LogP contribution >= 0.6 is 0 Å². The summed E-state index contributed by atoms with van der Waals surface area (Å²) in [5, 5.41) is 7.02. The van der Waals surface area contributed by atoms with E-state index in [0.29, 0.717) is 0 Å². The second-order valence-electron chi connectivity index (χ2n) is 15.7. The normalized spacial score (nSPS) is 11.6. The van der Waals surface area contributed by atoms with Crippen LogP contribution in [0.3, 0.4) is 0 Å². The van der Waals surface area contributed by atoms with Crippen LogP contribution in [0.4, 0.5) is 17.1 Å². The number of anilines is 3. The molecule has 3 heteroatoms. The number of nitrogens with zero attached hydrogens (tertiary/aromatic N) is 2. The Kier molecular flexibility index (Phi) is 8.17. The van der Waals surface area contributed by atoms with Crippen LogP contribution in [-0.2, 0) is 0 Å². The van der Waals surface area contributed by atoms with Crippen molar-refractivity contribution >= 4 is 71.6 Å². The third-order valence-corrected chi connectivity index (χ3v) is 12.2. The molecule has 0 atom stereocenters. The summed E-state index contributed by atoms with van der Waals surface area (Å²) in [6.07, 6.45) is 0. The standard InChI is InChI=1S/C58H38N2O/c1-4-16-39(17-5-1)43-33-35-47(40-18-6-2-7-19-40)54(38-43)60(53-27-15-29-56-58(53)50-23-11-13-28-55(50)61-56)46-34-32-41-36-44(31-30-42(41)37-46)48-24-14-26-52-57(48)49-22-10-12-25-51(49)59(52)45-20-8-3-9-21-45/h1-38H. The van der Waals surface area contributed by atoms with E-state index in [-0.39, 0.29) is 0 Å². The molecular formula is C58H38N2O. The average molecular weight is 779 g/mol. The summed E-state index contributed by atoms with van der Waals surface area (Å²) in [4.78, 5) is 2.44. The molecule has 2 heterocycles. The summed E-state index contributed by atoms with van der Waals surface area (Å²) in [6, 6.07) is 83.0. The van der Waals surface area contributed by atoms with Crippen molar-refractivity contribution < 1.29 is 4.42 Å². The number of aromatic nitrogens is 1. The minimum Gasteiger partial charge on any atom is -0.456 e. The van der Waals surface area contributed by atoms with Crippen LogP contribution in [0, 0.1) is 0 Å². The number of hydrogen-bond donors (Lipinski definition) is 0. The van der Waals surface area contributed by atoms with Crippen molar-refractivity contribution in [3.05, 3.63) is 231 Å². The summed E-state index contributed by atoms with van der Waals surface area (Å²) >= 11 is 0. The zero-order chi connectivity index (χ0) is 40.3. The van der Waals surface area contributed by atoms with E-state index >= 15 is 0 Å². The van der Waals surface area contributed by atoms with Crippen molar-refractivity contribution in [3.8, 4) is 39.1 Å². The molecule has 0 saturated carbocycles. The van der Waals surface area contributed by atoms with E-state index in [9.17, 15) is 0 Å². The Bertz CT molecular complexity index is 3580. The number of fused-ring (bicyclic) bond motifs is 7. The molecular weight excluding hydrogens is 741 g/mol. The molecule has 0 unspecified atom stereocenters. The van der Waals surface area contributed by atoms with Gasteiger partial charge in [-0.3, -0.25) is 0 Å². The number of hydrogen-bond acceptors (Lipinski definition) is 2. The lowest BCUT2D eigenvalue weighted by molar-refractivity contribution is 0.669. The van der Waals surface area contributed by atoms with Crippen LogP contribution in [-0.4, -0.2) is 4.57 Å². The van der Waals surface area contributed by atoms with Gasteiger partial charge in [0.25, 0.3) is 0 Å². The first-order valence-electron chi connectivity index (χ1n) is 20.8. The summed E-state index contributed by atoms with van der Waals surface area (Å²) in [5.41, 5.74) is 15.5. The highest BCUT2D eigenvalue weighted by Crippen LogP contribution is 2.48. The Hall–Kier alpha value is -8.14. The molecule has 0 amide bonds. The van der Waals surface area contributed by atoms with E-state index < -0.39 is 0 Å². The highest BCUT2D eigenvalue weighted by molar-refractivity contribution is 6.17. The van der Waals surface area contributed by atoms with Gasteiger partial charge in [-0.25, -0.2) is 0 Å². The smallest absolute Gasteiger partial charge is 0.137 e. The largest absolute Gasteiger partial charge is 0.456 e. The highest BCUT2D eigenvalue weighted by Gasteiger charge is 2.23. The third kappa shape index (κ3) is 5.82. The molecule has 61 heavy (non-hydrogen) atoms. The third-order valence-electron chi connectivity index (χ3n) is 12.2. The van der Waals surface area contributed by atoms with Gasteiger partial charge in [0.1, 0.15) is 11.2 Å². The summed E-state index contributed by atoms with van der Waals surface area (Å²) < 4.78 is 8.89. The van der Waals surface area contributed by atoms with Gasteiger partial charge in [0.05, 0.1) is 27.8 Å². The van der Waals surface area contributed by atoms with Crippen LogP contribution in [0.5, 0.6) is 0 Å². The predicted octanol–water partition coefficient (Wildman–Crippen LogP) is 16.3. The molecule has 0 radical (unpaired) electrons. The Morgan fingerprint density at radius 3 is 1.82 bits per heavy atom. The molecule has 0 N–H and O–H groups in total. The quantitative estimate of drug-likeness (QED) is 0.161. The maximum atomic E-state index is 6.50. The van der Waals surface area contributed by atoms with Crippen LogP contribution in [0.15, 0.2) is 235 Å². The number of furan rings is 1. The van der Waals surface area contributed by atoms with E-state index in [1.54, 1.807) is 0 Å². The van der Waals surface area contributed by atoms with Gasteiger partial charge in [-0.1, -0.05) is 164 Å². The average Bonchev–Trinajstić information content (AvgIpc) is 3.89. The van der Waals surface area contributed by atoms with Gasteiger partial charge >= 0.3 is 0 Å². The van der Waals surface area contributed by atoms with Gasteiger partial charge in [-0.05, 0) is 105 Å². The lowest BCUT2D eigenvalue weighted by Crippen LogP contribution is -2.12. The van der Waals surface area contributed by atoms with Gasteiger partial charge in [-0.2, -0.15) is 0 Å². The van der Waals surface area contributed by atoms with Crippen LogP contribution in [0.25, 0.3) is 93.6 Å². The fraction of sp³-hybridized carbons (Fsp3) is 0. The van der Waals surface area contributed by atoms with Gasteiger partial charge in [0.15, 0.2) is 0 Å². The van der Waals surface area contributed by atoms with Gasteiger partial charge in [0, 0.05) is 33.1 Å². The number of para-hydroxylation sites is 3. The van der Waals surface area contributed by atoms with Crippen LogP contribution in [0.1, 0.15) is 0 Å². The zero-order valence-corrected chi connectivity index (χ0v) is 33.2. The molecule has 2 aromatic heterocycles. The van der Waals surface area contributed by atoms with Gasteiger partial charge < -0.3 is 13.9 Å². The first-order valence-corrected chi connectivity index (χ1v) is 20.8. The molecule has 0 aliphatic rings. The van der Waals surface area contributed by atoms with Crippen molar-refractivity contribution in [3.63, 3.8) is 0 Å². The Labute approximate surface area is 353 Å². The summed E-state index contributed by atoms with van der Waals surface area (Å²) in [5.74, 6) is 0. The van der Waals surface area contributed by atoms with Gasteiger partial charge in [-0.15, -0.1) is 0 Å². The highest BCUT2D eigenvalue weighted by atomic mass is 16.3. The topological polar surface area (TPSA) is 21.3 Å². The Morgan fingerprint density at radius 1 is 0.344 bits per heavy atom. The fourth-order valence-corrected chi connectivity index (χ4v) is 9.39. The summed E-state index contributed by atoms with van der Waals surface area (Å²) in [7, 11) is 0. The van der Waals surface area contributed by atoms with Gasteiger partial charge in [0.2, 0.25) is 0 Å². The number of rotatable bonds is 7. The molecule has 0 aliphatic heterocycles. The van der Waals surface area contributed by atoms with Crippen molar-refractivity contribution in [2.75, 3.05) is 4.90 Å². The molecule has 3 nitrogen and oxygen atoms in total. The van der Waals surface area contributed by atoms with Crippen LogP contribution < -0.4 is 4.90 Å². The molecule has 0 fully saturated rings. The summed E-state index contributed by atoms with van der Waals surface area (Å²) in [6.45, 7) is 0. The van der Waals surface area contributed by atoms with E-state index in [2.05, 4.69) is 234 Å². The fourth-order valence-electron chi connectivity index (χ4n) is 9.39. The monoisotopic (exact) mass is 778 g/mol. The first kappa shape index (κ1) is 34.9. The molecule has 0 saturated heterocycles.